The second kappa shape index (κ2) is 3.41. The molecule has 0 aromatic carbocycles. The minimum absolute atomic E-state index is 0.0750. The van der Waals surface area contributed by atoms with Gasteiger partial charge in [-0.05, 0) is 12.2 Å². The molecule has 0 saturated heterocycles. The van der Waals surface area contributed by atoms with Crippen molar-refractivity contribution in [3.8, 4) is 0 Å². The average molecular weight is 184 g/mol. The fourth-order valence-electron chi connectivity index (χ4n) is 1.31. The summed E-state index contributed by atoms with van der Waals surface area (Å²) in [6, 6.07) is 0. The summed E-state index contributed by atoms with van der Waals surface area (Å²) in [6.07, 6.45) is 0.790. The molecular formula is C9H12O4. The second-order valence-corrected chi connectivity index (χ2v) is 3.08. The van der Waals surface area contributed by atoms with Crippen molar-refractivity contribution in [3.63, 3.8) is 0 Å². The molecule has 0 unspecified atom stereocenters. The van der Waals surface area contributed by atoms with Crippen LogP contribution in [0.2, 0.25) is 0 Å². The normalized spacial score (nSPS) is 39.2. The van der Waals surface area contributed by atoms with Gasteiger partial charge in [0.05, 0.1) is 0 Å². The monoisotopic (exact) mass is 184 g/mol. The lowest BCUT2D eigenvalue weighted by molar-refractivity contribution is -0.155. The Bertz CT molecular complexity index is 258. The minimum atomic E-state index is -1.92. The Kier molecular flexibility index (Phi) is 2.66. The minimum Gasteiger partial charge on any atom is -0.387 e. The van der Waals surface area contributed by atoms with Crippen LogP contribution < -0.4 is 0 Å². The lowest BCUT2D eigenvalue weighted by Gasteiger charge is -2.34. The van der Waals surface area contributed by atoms with Crippen LogP contribution in [0.4, 0.5) is 0 Å². The maximum absolute atomic E-state index is 11.2. The highest BCUT2D eigenvalue weighted by Crippen LogP contribution is 2.25. The van der Waals surface area contributed by atoms with Crippen molar-refractivity contribution in [1.29, 1.82) is 0 Å². The molecule has 0 amide bonds. The number of carbonyl (C=O) groups excluding carboxylic acids is 1. The first kappa shape index (κ1) is 10.1. The van der Waals surface area contributed by atoms with E-state index in [9.17, 15) is 20.1 Å². The molecule has 1 aliphatic carbocycles. The molecule has 13 heavy (non-hydrogen) atoms. The summed E-state index contributed by atoms with van der Waals surface area (Å²) in [5.41, 5.74) is -1.92. The number of ketones is 1. The van der Waals surface area contributed by atoms with Crippen LogP contribution in [0, 0.1) is 0 Å². The van der Waals surface area contributed by atoms with E-state index in [1.54, 1.807) is 0 Å². The standard InChI is InChI=1S/C9H12O4/c1-2-5-9(13)7(11)4-3-6(10)8(9)12/h2-4,6,8,10,12-13H,1,5H2/t6-,8+,9-/m1/s1. The van der Waals surface area contributed by atoms with Crippen molar-refractivity contribution in [2.24, 2.45) is 0 Å². The smallest absolute Gasteiger partial charge is 0.190 e. The van der Waals surface area contributed by atoms with E-state index in [-0.39, 0.29) is 6.42 Å². The number of aliphatic hydroxyl groups is 3. The van der Waals surface area contributed by atoms with Crippen LogP contribution in [0.25, 0.3) is 0 Å². The van der Waals surface area contributed by atoms with E-state index < -0.39 is 23.6 Å². The third-order valence-electron chi connectivity index (χ3n) is 2.14. The predicted molar refractivity (Wildman–Crippen MR) is 45.9 cm³/mol. The molecule has 0 aromatic rings. The Morgan fingerprint density at radius 2 is 2.23 bits per heavy atom. The lowest BCUT2D eigenvalue weighted by atomic mass is 9.81. The van der Waals surface area contributed by atoms with Crippen LogP contribution in [0.5, 0.6) is 0 Å². The largest absolute Gasteiger partial charge is 0.387 e. The summed E-state index contributed by atoms with van der Waals surface area (Å²) < 4.78 is 0. The van der Waals surface area contributed by atoms with Gasteiger partial charge in [0.25, 0.3) is 0 Å². The fourth-order valence-corrected chi connectivity index (χ4v) is 1.31. The Balaban J connectivity index is 2.99. The first-order valence-corrected chi connectivity index (χ1v) is 3.94. The number of hydrogen-bond donors (Lipinski definition) is 3. The van der Waals surface area contributed by atoms with E-state index in [2.05, 4.69) is 6.58 Å². The van der Waals surface area contributed by atoms with Crippen molar-refractivity contribution in [1.82, 2.24) is 0 Å². The summed E-state index contributed by atoms with van der Waals surface area (Å²) in [4.78, 5) is 11.2. The number of rotatable bonds is 2. The summed E-state index contributed by atoms with van der Waals surface area (Å²) in [5.74, 6) is -0.606. The van der Waals surface area contributed by atoms with Crippen LogP contribution in [0.1, 0.15) is 6.42 Å². The molecule has 0 saturated carbocycles. The van der Waals surface area contributed by atoms with Gasteiger partial charge in [-0.2, -0.15) is 0 Å². The fraction of sp³-hybridized carbons (Fsp3) is 0.444. The topological polar surface area (TPSA) is 77.8 Å². The summed E-state index contributed by atoms with van der Waals surface area (Å²) in [6.45, 7) is 3.36. The molecule has 4 nitrogen and oxygen atoms in total. The number of carbonyl (C=O) groups is 1. The van der Waals surface area contributed by atoms with Crippen molar-refractivity contribution in [2.75, 3.05) is 0 Å². The second-order valence-electron chi connectivity index (χ2n) is 3.08. The van der Waals surface area contributed by atoms with Gasteiger partial charge < -0.3 is 15.3 Å². The molecule has 0 heterocycles. The Hall–Kier alpha value is -0.970. The quantitative estimate of drug-likeness (QED) is 0.489. The number of hydrogen-bond acceptors (Lipinski definition) is 4. The summed E-state index contributed by atoms with van der Waals surface area (Å²) in [5, 5.41) is 28.2. The number of aliphatic hydroxyl groups excluding tert-OH is 2. The molecule has 72 valence electrons. The molecule has 0 radical (unpaired) electrons. The average Bonchev–Trinajstić information content (AvgIpc) is 2.10. The highest BCUT2D eigenvalue weighted by Gasteiger charge is 2.46. The van der Waals surface area contributed by atoms with Gasteiger partial charge in [0.2, 0.25) is 0 Å². The summed E-state index contributed by atoms with van der Waals surface area (Å²) >= 11 is 0. The highest BCUT2D eigenvalue weighted by atomic mass is 16.4. The molecule has 0 spiro atoms. The van der Waals surface area contributed by atoms with E-state index in [1.807, 2.05) is 0 Å². The molecule has 1 rings (SSSR count). The van der Waals surface area contributed by atoms with Gasteiger partial charge >= 0.3 is 0 Å². The molecule has 3 atom stereocenters. The molecule has 3 N–H and O–H groups in total. The van der Waals surface area contributed by atoms with Gasteiger partial charge in [0.1, 0.15) is 12.2 Å². The molecule has 1 aliphatic rings. The SMILES string of the molecule is C=CC[C@@]1(O)C(=O)C=C[C@@H](O)[C@@H]1O. The van der Waals surface area contributed by atoms with Crippen LogP contribution in [-0.2, 0) is 4.79 Å². The summed E-state index contributed by atoms with van der Waals surface area (Å²) in [7, 11) is 0. The zero-order valence-corrected chi connectivity index (χ0v) is 7.05. The zero-order chi connectivity index (χ0) is 10.1. The van der Waals surface area contributed by atoms with Gasteiger partial charge in [-0.1, -0.05) is 6.08 Å². The maximum atomic E-state index is 11.2. The highest BCUT2D eigenvalue weighted by molar-refractivity contribution is 5.98. The van der Waals surface area contributed by atoms with Crippen LogP contribution in [-0.4, -0.2) is 38.9 Å². The van der Waals surface area contributed by atoms with Gasteiger partial charge in [0, 0.05) is 6.42 Å². The van der Waals surface area contributed by atoms with Gasteiger partial charge in [-0.15, -0.1) is 6.58 Å². The molecular weight excluding hydrogens is 172 g/mol. The molecule has 0 fully saturated rings. The van der Waals surface area contributed by atoms with Crippen LogP contribution >= 0.6 is 0 Å². The van der Waals surface area contributed by atoms with Crippen LogP contribution in [0.15, 0.2) is 24.8 Å². The van der Waals surface area contributed by atoms with E-state index in [0.717, 1.165) is 12.2 Å². The zero-order valence-electron chi connectivity index (χ0n) is 7.05. The van der Waals surface area contributed by atoms with Crippen molar-refractivity contribution < 1.29 is 20.1 Å². The maximum Gasteiger partial charge on any atom is 0.190 e. The third kappa shape index (κ3) is 1.56. The van der Waals surface area contributed by atoms with E-state index >= 15 is 0 Å². The Labute approximate surface area is 75.8 Å². The van der Waals surface area contributed by atoms with Crippen molar-refractivity contribution in [2.45, 2.75) is 24.2 Å². The van der Waals surface area contributed by atoms with Crippen LogP contribution in [0.3, 0.4) is 0 Å². The lowest BCUT2D eigenvalue weighted by Crippen LogP contribution is -2.55. The predicted octanol–water partition coefficient (Wildman–Crippen LogP) is -0.846. The van der Waals surface area contributed by atoms with E-state index in [1.165, 1.54) is 6.08 Å². The molecule has 0 aromatic heterocycles. The molecule has 4 heteroatoms. The Morgan fingerprint density at radius 1 is 1.62 bits per heavy atom. The van der Waals surface area contributed by atoms with Crippen molar-refractivity contribution >= 4 is 5.78 Å². The van der Waals surface area contributed by atoms with E-state index in [4.69, 9.17) is 0 Å². The Morgan fingerprint density at radius 3 is 2.77 bits per heavy atom. The van der Waals surface area contributed by atoms with Gasteiger partial charge in [0.15, 0.2) is 11.4 Å². The van der Waals surface area contributed by atoms with Crippen molar-refractivity contribution in [3.05, 3.63) is 24.8 Å². The van der Waals surface area contributed by atoms with E-state index in [0.29, 0.717) is 0 Å². The molecule has 0 aliphatic heterocycles. The molecule has 0 bridgehead atoms. The third-order valence-corrected chi connectivity index (χ3v) is 2.14. The van der Waals surface area contributed by atoms with Gasteiger partial charge in [-0.3, -0.25) is 4.79 Å². The van der Waals surface area contributed by atoms with Gasteiger partial charge in [-0.25, -0.2) is 0 Å². The first-order chi connectivity index (χ1) is 6.02. The first-order valence-electron chi connectivity index (χ1n) is 3.94.